The molecule has 3 atom stereocenters. The van der Waals surface area contributed by atoms with Gasteiger partial charge in [-0.15, -0.1) is 0 Å². The molecule has 2 amide bonds. The van der Waals surface area contributed by atoms with Crippen LogP contribution in [-0.4, -0.2) is 36.3 Å². The third kappa shape index (κ3) is 5.95. The second-order valence-corrected chi connectivity index (χ2v) is 8.78. The minimum atomic E-state index is -0.635. The summed E-state index contributed by atoms with van der Waals surface area (Å²) in [4.78, 5) is 25.1. The topological polar surface area (TPSA) is 120 Å². The number of nitrogens with one attached hydrogen (secondary N) is 4. The number of carbonyl (C=O) groups excluding carboxylic acids is 2. The van der Waals surface area contributed by atoms with Gasteiger partial charge >= 0.3 is 0 Å². The summed E-state index contributed by atoms with van der Waals surface area (Å²) < 4.78 is 0. The fraction of sp³-hybridized carbons (Fsp3) is 0.400. The van der Waals surface area contributed by atoms with Gasteiger partial charge in [-0.2, -0.15) is 0 Å². The van der Waals surface area contributed by atoms with Crippen molar-refractivity contribution < 1.29 is 9.59 Å². The van der Waals surface area contributed by atoms with E-state index >= 15 is 0 Å². The molecule has 1 aliphatic rings. The third-order valence-electron chi connectivity index (χ3n) is 5.98. The van der Waals surface area contributed by atoms with Crippen LogP contribution >= 0.6 is 0 Å². The van der Waals surface area contributed by atoms with Crippen LogP contribution in [0, 0.1) is 5.41 Å². The van der Waals surface area contributed by atoms with E-state index in [-0.39, 0.29) is 29.6 Å². The molecule has 0 aromatic heterocycles. The largest absolute Gasteiger partial charge is 0.384 e. The number of amidine groups is 1. The number of nitrogen functional groups attached to an aromatic ring is 1. The molecule has 2 aromatic carbocycles. The molecule has 0 saturated carbocycles. The van der Waals surface area contributed by atoms with Gasteiger partial charge in [-0.3, -0.25) is 15.0 Å². The molecule has 0 radical (unpaired) electrons. The normalized spacial score (nSPS) is 18.9. The quantitative estimate of drug-likeness (QED) is 0.323. The lowest BCUT2D eigenvalue weighted by Gasteiger charge is -2.17. The highest BCUT2D eigenvalue weighted by molar-refractivity contribution is 5.95. The number of hydrogen-bond acceptors (Lipinski definition) is 4. The summed E-state index contributed by atoms with van der Waals surface area (Å²) in [5.41, 5.74) is 9.54. The molecule has 1 heterocycles. The summed E-state index contributed by atoms with van der Waals surface area (Å²) in [7, 11) is 0. The van der Waals surface area contributed by atoms with Crippen LogP contribution in [0.2, 0.25) is 0 Å². The van der Waals surface area contributed by atoms with Gasteiger partial charge in [0.25, 0.3) is 0 Å². The van der Waals surface area contributed by atoms with Crippen molar-refractivity contribution in [2.75, 3.05) is 6.54 Å². The summed E-state index contributed by atoms with van der Waals surface area (Å²) in [5.74, 6) is 0.364. The van der Waals surface area contributed by atoms with Gasteiger partial charge in [0.05, 0.1) is 6.04 Å². The molecule has 7 nitrogen and oxygen atoms in total. The Labute approximate surface area is 189 Å². The van der Waals surface area contributed by atoms with Gasteiger partial charge < -0.3 is 21.7 Å². The van der Waals surface area contributed by atoms with E-state index in [1.807, 2.05) is 12.1 Å². The van der Waals surface area contributed by atoms with E-state index < -0.39 is 6.04 Å². The zero-order chi connectivity index (χ0) is 23.3. The minimum Gasteiger partial charge on any atom is -0.384 e. The van der Waals surface area contributed by atoms with Crippen LogP contribution in [0.3, 0.4) is 0 Å². The molecular weight excluding hydrogens is 402 g/mol. The van der Waals surface area contributed by atoms with Crippen molar-refractivity contribution in [2.45, 2.75) is 57.7 Å². The maximum atomic E-state index is 12.7. The van der Waals surface area contributed by atoms with E-state index in [0.717, 1.165) is 12.1 Å². The van der Waals surface area contributed by atoms with E-state index in [1.165, 1.54) is 11.1 Å². The summed E-state index contributed by atoms with van der Waals surface area (Å²) in [6.07, 6.45) is 0.713. The Hall–Kier alpha value is -3.19. The second kappa shape index (κ2) is 10.4. The zero-order valence-electron chi connectivity index (χ0n) is 18.9. The van der Waals surface area contributed by atoms with Crippen molar-refractivity contribution in [1.29, 1.82) is 5.41 Å². The van der Waals surface area contributed by atoms with Gasteiger partial charge in [-0.25, -0.2) is 0 Å². The second-order valence-electron chi connectivity index (χ2n) is 8.78. The van der Waals surface area contributed by atoms with Crippen LogP contribution in [0.1, 0.15) is 61.3 Å². The number of nitrogens with two attached hydrogens (primary N) is 1. The molecular formula is C25H33N5O2. The van der Waals surface area contributed by atoms with E-state index in [4.69, 9.17) is 11.1 Å². The van der Waals surface area contributed by atoms with Gasteiger partial charge in [0.1, 0.15) is 11.9 Å². The van der Waals surface area contributed by atoms with Crippen molar-refractivity contribution in [3.8, 4) is 0 Å². The van der Waals surface area contributed by atoms with E-state index in [0.29, 0.717) is 24.4 Å². The fourth-order valence-corrected chi connectivity index (χ4v) is 3.89. The molecule has 32 heavy (non-hydrogen) atoms. The lowest BCUT2D eigenvalue weighted by molar-refractivity contribution is -0.129. The number of amides is 2. The SMILES string of the molecule is CC(C)c1cccc([C@H]2CN[C@@H](C(=O)N[C@@H](C)C(=O)NCc3ccc(C(=N)N)cc3)C2)c1. The van der Waals surface area contributed by atoms with Crippen LogP contribution in [0.25, 0.3) is 0 Å². The Kier molecular flexibility index (Phi) is 7.64. The van der Waals surface area contributed by atoms with Gasteiger partial charge in [0.2, 0.25) is 11.8 Å². The molecule has 1 fully saturated rings. The first-order valence-corrected chi connectivity index (χ1v) is 11.1. The van der Waals surface area contributed by atoms with E-state index in [2.05, 4.69) is 54.1 Å². The number of hydrogen-bond donors (Lipinski definition) is 5. The maximum absolute atomic E-state index is 12.7. The van der Waals surface area contributed by atoms with Crippen LogP contribution in [0.4, 0.5) is 0 Å². The highest BCUT2D eigenvalue weighted by Crippen LogP contribution is 2.28. The molecule has 2 aromatic rings. The molecule has 0 unspecified atom stereocenters. The van der Waals surface area contributed by atoms with Crippen molar-refractivity contribution in [3.05, 3.63) is 70.8 Å². The Balaban J connectivity index is 1.48. The monoisotopic (exact) mass is 435 g/mol. The van der Waals surface area contributed by atoms with Crippen molar-refractivity contribution in [3.63, 3.8) is 0 Å². The van der Waals surface area contributed by atoms with E-state index in [1.54, 1.807) is 19.1 Å². The number of carbonyl (C=O) groups is 2. The Morgan fingerprint density at radius 3 is 2.53 bits per heavy atom. The summed E-state index contributed by atoms with van der Waals surface area (Å²) in [5, 5.41) is 16.4. The predicted molar refractivity (Wildman–Crippen MR) is 127 cm³/mol. The van der Waals surface area contributed by atoms with Crippen LogP contribution in [0.5, 0.6) is 0 Å². The third-order valence-corrected chi connectivity index (χ3v) is 5.98. The number of rotatable bonds is 8. The Morgan fingerprint density at radius 1 is 1.16 bits per heavy atom. The van der Waals surface area contributed by atoms with Crippen LogP contribution in [0.15, 0.2) is 48.5 Å². The fourth-order valence-electron chi connectivity index (χ4n) is 3.89. The average Bonchev–Trinajstić information content (AvgIpc) is 3.28. The maximum Gasteiger partial charge on any atom is 0.242 e. The predicted octanol–water partition coefficient (Wildman–Crippen LogP) is 2.36. The summed E-state index contributed by atoms with van der Waals surface area (Å²) in [6.45, 7) is 7.12. The van der Waals surface area contributed by atoms with Gasteiger partial charge in [-0.1, -0.05) is 62.4 Å². The van der Waals surface area contributed by atoms with Gasteiger partial charge in [-0.05, 0) is 41.9 Å². The van der Waals surface area contributed by atoms with Gasteiger partial charge in [0, 0.05) is 18.7 Å². The zero-order valence-corrected chi connectivity index (χ0v) is 18.9. The van der Waals surface area contributed by atoms with Crippen molar-refractivity contribution >= 4 is 17.6 Å². The average molecular weight is 436 g/mol. The summed E-state index contributed by atoms with van der Waals surface area (Å²) in [6, 6.07) is 14.8. The molecule has 0 bridgehead atoms. The Bertz CT molecular complexity index is 971. The molecule has 6 N–H and O–H groups in total. The highest BCUT2D eigenvalue weighted by Gasteiger charge is 2.31. The highest BCUT2D eigenvalue weighted by atomic mass is 16.2. The van der Waals surface area contributed by atoms with Crippen LogP contribution < -0.4 is 21.7 Å². The van der Waals surface area contributed by atoms with Crippen LogP contribution in [-0.2, 0) is 16.1 Å². The molecule has 1 saturated heterocycles. The molecule has 170 valence electrons. The molecule has 7 heteroatoms. The summed E-state index contributed by atoms with van der Waals surface area (Å²) >= 11 is 0. The molecule has 0 aliphatic carbocycles. The molecule has 0 spiro atoms. The lowest BCUT2D eigenvalue weighted by atomic mass is 9.92. The van der Waals surface area contributed by atoms with E-state index in [9.17, 15) is 9.59 Å². The van der Waals surface area contributed by atoms with Crippen molar-refractivity contribution in [1.82, 2.24) is 16.0 Å². The first kappa shape index (κ1) is 23.5. The molecule has 1 aliphatic heterocycles. The standard InChI is InChI=1S/C25H33N5O2/c1-15(2)19-5-4-6-20(11-19)21-12-22(28-14-21)25(32)30-16(3)24(31)29-13-17-7-9-18(10-8-17)23(26)27/h4-11,15-16,21-22,28H,12-14H2,1-3H3,(H3,26,27)(H,29,31)(H,30,32)/t16-,21+,22+/m0/s1. The smallest absolute Gasteiger partial charge is 0.242 e. The first-order valence-electron chi connectivity index (χ1n) is 11.1. The number of benzene rings is 2. The molecule has 3 rings (SSSR count). The van der Waals surface area contributed by atoms with Gasteiger partial charge in [0.15, 0.2) is 0 Å². The first-order chi connectivity index (χ1) is 15.2. The van der Waals surface area contributed by atoms with Crippen molar-refractivity contribution in [2.24, 2.45) is 5.73 Å². The lowest BCUT2D eigenvalue weighted by Crippen LogP contribution is -2.49. The minimum absolute atomic E-state index is 0.00677. The Morgan fingerprint density at radius 2 is 1.88 bits per heavy atom.